The quantitative estimate of drug-likeness (QED) is 0.344. The molecule has 1 aliphatic rings. The van der Waals surface area contributed by atoms with E-state index >= 15 is 0 Å². The minimum Gasteiger partial charge on any atom is -0.378 e. The molecule has 1 rings (SSSR count). The molecule has 25 heavy (non-hydrogen) atoms. The second-order valence-electron chi connectivity index (χ2n) is 5.89. The highest BCUT2D eigenvalue weighted by Crippen LogP contribution is 2.10. The van der Waals surface area contributed by atoms with Gasteiger partial charge in [0.1, 0.15) is 12.7 Å². The first kappa shape index (κ1) is 21.4. The molecule has 0 aliphatic heterocycles. The monoisotopic (exact) mass is 353 g/mol. The van der Waals surface area contributed by atoms with Crippen molar-refractivity contribution in [2.24, 2.45) is 0 Å². The van der Waals surface area contributed by atoms with Gasteiger partial charge >= 0.3 is 0 Å². The highest BCUT2D eigenvalue weighted by molar-refractivity contribution is 5.77. The van der Waals surface area contributed by atoms with E-state index in [2.05, 4.69) is 27.8 Å². The molecule has 0 aromatic rings. The first-order valence-electron chi connectivity index (χ1n) is 9.08. The van der Waals surface area contributed by atoms with Crippen molar-refractivity contribution < 1.29 is 19.1 Å². The van der Waals surface area contributed by atoms with Crippen LogP contribution in [0.4, 0.5) is 0 Å². The van der Waals surface area contributed by atoms with E-state index in [0.717, 1.165) is 25.7 Å². The molecule has 1 unspecified atom stereocenters. The summed E-state index contributed by atoms with van der Waals surface area (Å²) in [5.41, 5.74) is 0. The summed E-state index contributed by atoms with van der Waals surface area (Å²) in [4.78, 5) is 23.1. The topological polar surface area (TPSA) is 88.7 Å². The molecule has 0 heterocycles. The molecule has 0 spiro atoms. The van der Waals surface area contributed by atoms with E-state index < -0.39 is 0 Å². The number of carbonyl (C=O) groups excluding carboxylic acids is 2. The van der Waals surface area contributed by atoms with Gasteiger partial charge in [-0.3, -0.25) is 9.59 Å². The average molecular weight is 353 g/mol. The van der Waals surface area contributed by atoms with Gasteiger partial charge in [-0.25, -0.2) is 0 Å². The molecule has 0 aromatic carbocycles. The molecule has 0 aromatic heterocycles. The molecule has 2 amide bonds. The molecule has 0 bridgehead atoms. The highest BCUT2D eigenvalue weighted by atomic mass is 16.5. The molecule has 0 fully saturated rings. The van der Waals surface area contributed by atoms with Crippen molar-refractivity contribution in [1.29, 1.82) is 0 Å². The van der Waals surface area contributed by atoms with Crippen LogP contribution in [-0.2, 0) is 19.1 Å². The summed E-state index contributed by atoms with van der Waals surface area (Å²) < 4.78 is 10.9. The lowest BCUT2D eigenvalue weighted by Crippen LogP contribution is -2.33. The van der Waals surface area contributed by atoms with Gasteiger partial charge in [0.05, 0.1) is 13.2 Å². The number of hydrogen-bond donors (Lipinski definition) is 3. The van der Waals surface area contributed by atoms with Gasteiger partial charge in [-0.05, 0) is 26.3 Å². The van der Waals surface area contributed by atoms with Gasteiger partial charge in [0.25, 0.3) is 0 Å². The van der Waals surface area contributed by atoms with E-state index in [1.807, 2.05) is 0 Å². The standard InChI is InChI=1S/C18H31N3O4/c1-19-10-9-17(22)20-11-13-24-14-12-21-18(23)15-25-16-7-5-3-2-4-6-8-16/h16,19H,2-5,7,9-15H2,1H3,(H,20,22)(H,21,23). The summed E-state index contributed by atoms with van der Waals surface area (Å²) >= 11 is 0. The summed E-state index contributed by atoms with van der Waals surface area (Å²) in [5.74, 6) is 6.01. The predicted octanol–water partition coefficient (Wildman–Crippen LogP) is 0.198. The van der Waals surface area contributed by atoms with Crippen LogP contribution >= 0.6 is 0 Å². The van der Waals surface area contributed by atoms with Gasteiger partial charge in [0.15, 0.2) is 0 Å². The highest BCUT2D eigenvalue weighted by Gasteiger charge is 2.10. The van der Waals surface area contributed by atoms with E-state index in [4.69, 9.17) is 9.47 Å². The van der Waals surface area contributed by atoms with Gasteiger partial charge in [-0.2, -0.15) is 0 Å². The Kier molecular flexibility index (Phi) is 12.6. The Balaban J connectivity index is 1.95. The molecule has 7 nitrogen and oxygen atoms in total. The Morgan fingerprint density at radius 2 is 1.80 bits per heavy atom. The summed E-state index contributed by atoms with van der Waals surface area (Å²) in [6, 6.07) is 0. The molecule has 0 radical (unpaired) electrons. The third kappa shape index (κ3) is 12.4. The summed E-state index contributed by atoms with van der Waals surface area (Å²) in [6.45, 7) is 2.41. The Labute approximate surface area is 150 Å². The second-order valence-corrected chi connectivity index (χ2v) is 5.89. The van der Waals surface area contributed by atoms with Crippen molar-refractivity contribution in [3.8, 4) is 11.8 Å². The summed E-state index contributed by atoms with van der Waals surface area (Å²) in [7, 11) is 1.81. The molecule has 1 atom stereocenters. The maximum Gasteiger partial charge on any atom is 0.246 e. The predicted molar refractivity (Wildman–Crippen MR) is 96.0 cm³/mol. The van der Waals surface area contributed by atoms with Crippen molar-refractivity contribution in [1.82, 2.24) is 16.0 Å². The smallest absolute Gasteiger partial charge is 0.246 e. The average Bonchev–Trinajstić information content (AvgIpc) is 2.58. The number of carbonyl (C=O) groups is 2. The molecule has 3 N–H and O–H groups in total. The molecule has 1 aliphatic carbocycles. The maximum absolute atomic E-state index is 11.7. The largest absolute Gasteiger partial charge is 0.378 e. The Morgan fingerprint density at radius 1 is 1.04 bits per heavy atom. The van der Waals surface area contributed by atoms with Crippen LogP contribution in [0.15, 0.2) is 0 Å². The van der Waals surface area contributed by atoms with E-state index in [0.29, 0.717) is 39.3 Å². The van der Waals surface area contributed by atoms with Crippen LogP contribution in [-0.4, -0.2) is 64.4 Å². The van der Waals surface area contributed by atoms with E-state index in [1.54, 1.807) is 7.05 Å². The van der Waals surface area contributed by atoms with Gasteiger partial charge < -0.3 is 25.4 Å². The Bertz CT molecular complexity index is 445. The molecular weight excluding hydrogens is 322 g/mol. The Morgan fingerprint density at radius 3 is 2.56 bits per heavy atom. The number of hydrogen-bond acceptors (Lipinski definition) is 5. The fourth-order valence-corrected chi connectivity index (χ4v) is 2.28. The number of rotatable bonds is 12. The summed E-state index contributed by atoms with van der Waals surface area (Å²) in [5, 5.41) is 8.42. The molecule has 0 saturated heterocycles. The fraction of sp³-hybridized carbons (Fsp3) is 0.778. The van der Waals surface area contributed by atoms with E-state index in [9.17, 15) is 9.59 Å². The lowest BCUT2D eigenvalue weighted by molar-refractivity contribution is -0.127. The zero-order valence-electron chi connectivity index (χ0n) is 15.2. The zero-order chi connectivity index (χ0) is 18.2. The van der Waals surface area contributed by atoms with Crippen LogP contribution < -0.4 is 16.0 Å². The zero-order valence-corrected chi connectivity index (χ0v) is 15.2. The van der Waals surface area contributed by atoms with Crippen molar-refractivity contribution in [3.05, 3.63) is 0 Å². The number of nitrogens with one attached hydrogen (secondary N) is 3. The fourth-order valence-electron chi connectivity index (χ4n) is 2.28. The first-order chi connectivity index (χ1) is 12.2. The molecular formula is C18H31N3O4. The lowest BCUT2D eigenvalue weighted by atomic mass is 10.1. The van der Waals surface area contributed by atoms with E-state index in [-0.39, 0.29) is 24.5 Å². The molecule has 0 saturated carbocycles. The summed E-state index contributed by atoms with van der Waals surface area (Å²) in [6.07, 6.45) is 5.56. The maximum atomic E-state index is 11.7. The van der Waals surface area contributed by atoms with Crippen LogP contribution in [0.3, 0.4) is 0 Å². The van der Waals surface area contributed by atoms with Crippen LogP contribution in [0.5, 0.6) is 0 Å². The van der Waals surface area contributed by atoms with Gasteiger partial charge in [-0.15, -0.1) is 5.92 Å². The van der Waals surface area contributed by atoms with Crippen molar-refractivity contribution in [2.45, 2.75) is 44.6 Å². The minimum atomic E-state index is -0.159. The van der Waals surface area contributed by atoms with Crippen LogP contribution in [0.25, 0.3) is 0 Å². The van der Waals surface area contributed by atoms with Crippen molar-refractivity contribution >= 4 is 11.8 Å². The molecule has 142 valence electrons. The van der Waals surface area contributed by atoms with Crippen molar-refractivity contribution in [3.63, 3.8) is 0 Å². The third-order valence-electron chi connectivity index (χ3n) is 3.69. The Hall–Kier alpha value is -1.62. The second kappa shape index (κ2) is 14.7. The van der Waals surface area contributed by atoms with Crippen molar-refractivity contribution in [2.75, 3.05) is 46.5 Å². The SMILES string of the molecule is CNCCC(=O)NCCOCCNC(=O)COC1C#CCCCCC1. The normalized spacial score (nSPS) is 16.9. The van der Waals surface area contributed by atoms with Crippen LogP contribution in [0, 0.1) is 11.8 Å². The van der Waals surface area contributed by atoms with E-state index in [1.165, 1.54) is 6.42 Å². The third-order valence-corrected chi connectivity index (χ3v) is 3.69. The van der Waals surface area contributed by atoms with Gasteiger partial charge in [0.2, 0.25) is 11.8 Å². The van der Waals surface area contributed by atoms with Crippen LogP contribution in [0.1, 0.15) is 38.5 Å². The number of ether oxygens (including phenoxy) is 2. The van der Waals surface area contributed by atoms with Gasteiger partial charge in [0, 0.05) is 32.5 Å². The molecule has 7 heteroatoms. The van der Waals surface area contributed by atoms with Gasteiger partial charge in [-0.1, -0.05) is 12.3 Å². The minimum absolute atomic E-state index is 0.000664. The lowest BCUT2D eigenvalue weighted by Gasteiger charge is -2.13. The first-order valence-corrected chi connectivity index (χ1v) is 9.08. The van der Waals surface area contributed by atoms with Crippen LogP contribution in [0.2, 0.25) is 0 Å². The number of amides is 2.